The number of carbonyl (C=O) groups excluding carboxylic acids is 1. The molecule has 0 saturated heterocycles. The monoisotopic (exact) mass is 296 g/mol. The molecule has 0 bridgehead atoms. The second-order valence-corrected chi connectivity index (χ2v) is 6.79. The van der Waals surface area contributed by atoms with Crippen molar-refractivity contribution in [3.05, 3.63) is 29.8 Å². The second kappa shape index (κ2) is 6.37. The highest BCUT2D eigenvalue weighted by Gasteiger charge is 2.20. The maximum Gasteiger partial charge on any atom is 0.252 e. The molecule has 20 heavy (non-hydrogen) atoms. The van der Waals surface area contributed by atoms with Crippen LogP contribution in [-0.4, -0.2) is 20.9 Å². The molecule has 1 fully saturated rings. The molecule has 0 unspecified atom stereocenters. The van der Waals surface area contributed by atoms with Crippen LogP contribution >= 0.6 is 0 Å². The lowest BCUT2D eigenvalue weighted by Gasteiger charge is -2.21. The molecule has 0 spiro atoms. The standard InChI is InChI=1S/C14H20N2O3S/c15-20(18,19)13-9-5-4-8-12(13)14(17)16-10-11-6-2-1-3-7-11/h4-5,8-9,11H,1-3,6-7,10H2,(H,16,17)(H2,15,18,19). The Morgan fingerprint density at radius 3 is 2.50 bits per heavy atom. The fraction of sp³-hybridized carbons (Fsp3) is 0.500. The Balaban J connectivity index is 2.06. The van der Waals surface area contributed by atoms with Gasteiger partial charge in [0, 0.05) is 6.54 Å². The van der Waals surface area contributed by atoms with Gasteiger partial charge in [-0.15, -0.1) is 0 Å². The lowest BCUT2D eigenvalue weighted by Crippen LogP contribution is -2.31. The van der Waals surface area contributed by atoms with Crippen LogP contribution in [-0.2, 0) is 10.0 Å². The van der Waals surface area contributed by atoms with E-state index in [-0.39, 0.29) is 16.4 Å². The van der Waals surface area contributed by atoms with E-state index in [1.165, 1.54) is 31.4 Å². The highest BCUT2D eigenvalue weighted by molar-refractivity contribution is 7.89. The Morgan fingerprint density at radius 1 is 1.20 bits per heavy atom. The third-order valence-electron chi connectivity index (χ3n) is 3.71. The van der Waals surface area contributed by atoms with Crippen LogP contribution in [0.3, 0.4) is 0 Å². The zero-order chi connectivity index (χ0) is 14.6. The van der Waals surface area contributed by atoms with Gasteiger partial charge in [-0.1, -0.05) is 31.4 Å². The van der Waals surface area contributed by atoms with Crippen molar-refractivity contribution in [3.63, 3.8) is 0 Å². The number of nitrogens with one attached hydrogen (secondary N) is 1. The largest absolute Gasteiger partial charge is 0.352 e. The molecule has 110 valence electrons. The highest BCUT2D eigenvalue weighted by Crippen LogP contribution is 2.23. The van der Waals surface area contributed by atoms with Crippen molar-refractivity contribution in [2.24, 2.45) is 11.1 Å². The molecule has 0 atom stereocenters. The smallest absolute Gasteiger partial charge is 0.252 e. The number of hydrogen-bond donors (Lipinski definition) is 2. The topological polar surface area (TPSA) is 89.3 Å². The summed E-state index contributed by atoms with van der Waals surface area (Å²) in [5, 5.41) is 7.95. The number of sulfonamides is 1. The summed E-state index contributed by atoms with van der Waals surface area (Å²) < 4.78 is 22.9. The van der Waals surface area contributed by atoms with E-state index >= 15 is 0 Å². The average molecular weight is 296 g/mol. The number of amides is 1. The number of benzene rings is 1. The second-order valence-electron chi connectivity index (χ2n) is 5.26. The van der Waals surface area contributed by atoms with Gasteiger partial charge in [0.2, 0.25) is 10.0 Å². The van der Waals surface area contributed by atoms with E-state index < -0.39 is 10.0 Å². The van der Waals surface area contributed by atoms with Gasteiger partial charge in [0.15, 0.2) is 0 Å². The van der Waals surface area contributed by atoms with Crippen LogP contribution in [0.15, 0.2) is 29.2 Å². The van der Waals surface area contributed by atoms with E-state index in [0.717, 1.165) is 12.8 Å². The summed E-state index contributed by atoms with van der Waals surface area (Å²) in [5.74, 6) is 0.120. The third kappa shape index (κ3) is 3.80. The zero-order valence-corrected chi connectivity index (χ0v) is 12.2. The van der Waals surface area contributed by atoms with Gasteiger partial charge >= 0.3 is 0 Å². The van der Waals surface area contributed by atoms with E-state index in [1.807, 2.05) is 0 Å². The van der Waals surface area contributed by atoms with Crippen molar-refractivity contribution in [2.75, 3.05) is 6.54 Å². The first-order valence-corrected chi connectivity index (χ1v) is 8.43. The number of carbonyl (C=O) groups is 1. The number of nitrogens with two attached hydrogens (primary N) is 1. The van der Waals surface area contributed by atoms with Gasteiger partial charge in [-0.25, -0.2) is 13.6 Å². The minimum atomic E-state index is -3.88. The molecule has 1 amide bonds. The molecule has 1 aliphatic rings. The summed E-state index contributed by atoms with van der Waals surface area (Å²) >= 11 is 0. The predicted octanol–water partition coefficient (Wildman–Crippen LogP) is 1.64. The number of rotatable bonds is 4. The minimum Gasteiger partial charge on any atom is -0.352 e. The van der Waals surface area contributed by atoms with Crippen molar-refractivity contribution in [3.8, 4) is 0 Å². The van der Waals surface area contributed by atoms with Crippen LogP contribution in [0, 0.1) is 5.92 Å². The molecule has 0 heterocycles. The summed E-state index contributed by atoms with van der Waals surface area (Å²) in [5.41, 5.74) is 0.116. The van der Waals surface area contributed by atoms with Crippen LogP contribution in [0.4, 0.5) is 0 Å². The van der Waals surface area contributed by atoms with E-state index in [9.17, 15) is 13.2 Å². The van der Waals surface area contributed by atoms with Gasteiger partial charge in [-0.05, 0) is 30.9 Å². The highest BCUT2D eigenvalue weighted by atomic mass is 32.2. The summed E-state index contributed by atoms with van der Waals surface area (Å²) in [6.07, 6.45) is 5.91. The van der Waals surface area contributed by atoms with Crippen LogP contribution in [0.1, 0.15) is 42.5 Å². The lowest BCUT2D eigenvalue weighted by atomic mass is 9.89. The van der Waals surface area contributed by atoms with Crippen molar-refractivity contribution >= 4 is 15.9 Å². The minimum absolute atomic E-state index is 0.116. The molecule has 3 N–H and O–H groups in total. The first-order chi connectivity index (χ1) is 9.48. The van der Waals surface area contributed by atoms with Gasteiger partial charge in [0.1, 0.15) is 0 Å². The molecule has 1 aromatic rings. The molecule has 1 aromatic carbocycles. The summed E-state index contributed by atoms with van der Waals surface area (Å²) in [6.45, 7) is 0.595. The van der Waals surface area contributed by atoms with E-state index in [1.54, 1.807) is 12.1 Å². The normalized spacial score (nSPS) is 16.9. The van der Waals surface area contributed by atoms with Gasteiger partial charge in [-0.2, -0.15) is 0 Å². The van der Waals surface area contributed by atoms with E-state index in [0.29, 0.717) is 12.5 Å². The Morgan fingerprint density at radius 2 is 1.85 bits per heavy atom. The Bertz CT molecular complexity index is 578. The first kappa shape index (κ1) is 15.0. The molecule has 0 aliphatic heterocycles. The van der Waals surface area contributed by atoms with Gasteiger partial charge in [0.25, 0.3) is 5.91 Å². The Kier molecular flexibility index (Phi) is 4.77. The fourth-order valence-corrected chi connectivity index (χ4v) is 3.36. The lowest BCUT2D eigenvalue weighted by molar-refractivity contribution is 0.0940. The van der Waals surface area contributed by atoms with Gasteiger partial charge in [0.05, 0.1) is 10.5 Å². The molecule has 0 radical (unpaired) electrons. The van der Waals surface area contributed by atoms with E-state index in [2.05, 4.69) is 5.32 Å². The fourth-order valence-electron chi connectivity index (χ4n) is 2.63. The maximum absolute atomic E-state index is 12.1. The summed E-state index contributed by atoms with van der Waals surface area (Å²) in [7, 11) is -3.88. The molecule has 1 aliphatic carbocycles. The average Bonchev–Trinajstić information content (AvgIpc) is 2.45. The quantitative estimate of drug-likeness (QED) is 0.885. The molecule has 6 heteroatoms. The van der Waals surface area contributed by atoms with Crippen molar-refractivity contribution in [1.29, 1.82) is 0 Å². The maximum atomic E-state index is 12.1. The van der Waals surface area contributed by atoms with Crippen LogP contribution in [0.25, 0.3) is 0 Å². The van der Waals surface area contributed by atoms with Crippen LogP contribution in [0.5, 0.6) is 0 Å². The molecular formula is C14H20N2O3S. The molecule has 5 nitrogen and oxygen atoms in total. The summed E-state index contributed by atoms with van der Waals surface area (Å²) in [6, 6.07) is 6.02. The van der Waals surface area contributed by atoms with Crippen molar-refractivity contribution < 1.29 is 13.2 Å². The molecule has 0 aromatic heterocycles. The van der Waals surface area contributed by atoms with Crippen LogP contribution in [0.2, 0.25) is 0 Å². The van der Waals surface area contributed by atoms with Crippen molar-refractivity contribution in [2.45, 2.75) is 37.0 Å². The first-order valence-electron chi connectivity index (χ1n) is 6.88. The molecule has 1 saturated carbocycles. The van der Waals surface area contributed by atoms with E-state index in [4.69, 9.17) is 5.14 Å². The van der Waals surface area contributed by atoms with Crippen LogP contribution < -0.4 is 10.5 Å². The van der Waals surface area contributed by atoms with Gasteiger partial charge < -0.3 is 5.32 Å². The zero-order valence-electron chi connectivity index (χ0n) is 11.3. The van der Waals surface area contributed by atoms with Gasteiger partial charge in [-0.3, -0.25) is 4.79 Å². The SMILES string of the molecule is NS(=O)(=O)c1ccccc1C(=O)NCC1CCCCC1. The summed E-state index contributed by atoms with van der Waals surface area (Å²) in [4.78, 5) is 12.0. The number of hydrogen-bond acceptors (Lipinski definition) is 3. The molecular weight excluding hydrogens is 276 g/mol. The Labute approximate surface area is 119 Å². The predicted molar refractivity (Wildman–Crippen MR) is 76.7 cm³/mol. The number of primary sulfonamides is 1. The van der Waals surface area contributed by atoms with Crippen molar-refractivity contribution in [1.82, 2.24) is 5.32 Å². The molecule has 2 rings (SSSR count). The Hall–Kier alpha value is -1.40. The third-order valence-corrected chi connectivity index (χ3v) is 4.68.